The van der Waals surface area contributed by atoms with Crippen LogP contribution >= 0.6 is 0 Å². The molecule has 1 N–H and O–H groups in total. The number of nitro groups is 1. The number of nitrogens with zero attached hydrogens (tertiary/aromatic N) is 3. The topological polar surface area (TPSA) is 113 Å². The summed E-state index contributed by atoms with van der Waals surface area (Å²) in [5, 5.41) is 22.6. The van der Waals surface area contributed by atoms with Crippen LogP contribution in [0.4, 0.5) is 5.69 Å². The molecule has 0 radical (unpaired) electrons. The number of nitro benzene ring substituents is 1. The number of hydrogen-bond acceptors (Lipinski definition) is 7. The Balaban J connectivity index is 2.08. The Kier molecular flexibility index (Phi) is 8.59. The van der Waals surface area contributed by atoms with Crippen molar-refractivity contribution in [3.63, 3.8) is 0 Å². The average Bonchev–Trinajstić information content (AvgIpc) is 3.13. The second kappa shape index (κ2) is 11.6. The molecular weight excluding hydrogens is 450 g/mol. The van der Waals surface area contributed by atoms with E-state index in [2.05, 4.69) is 4.90 Å². The molecule has 1 fully saturated rings. The van der Waals surface area contributed by atoms with E-state index < -0.39 is 22.7 Å². The number of aliphatic hydroxyl groups is 1. The summed E-state index contributed by atoms with van der Waals surface area (Å²) >= 11 is 0. The zero-order chi connectivity index (χ0) is 25.5. The van der Waals surface area contributed by atoms with Crippen LogP contribution in [0.2, 0.25) is 0 Å². The van der Waals surface area contributed by atoms with Crippen molar-refractivity contribution in [1.82, 2.24) is 9.80 Å². The highest BCUT2D eigenvalue weighted by Gasteiger charge is 2.46. The van der Waals surface area contributed by atoms with Crippen molar-refractivity contribution >= 4 is 23.1 Å². The Morgan fingerprint density at radius 3 is 2.40 bits per heavy atom. The van der Waals surface area contributed by atoms with Gasteiger partial charge in [0.15, 0.2) is 0 Å². The SMILES string of the molecule is CCCOc1ccc(/C(O)=C2\C(=O)C(=O)N(CCN(CC)CC)C2c2cccc([N+](=O)[O-])c2)cc1. The lowest BCUT2D eigenvalue weighted by atomic mass is 9.95. The van der Waals surface area contributed by atoms with Crippen LogP contribution in [0.15, 0.2) is 54.1 Å². The summed E-state index contributed by atoms with van der Waals surface area (Å²) < 4.78 is 5.58. The van der Waals surface area contributed by atoms with Gasteiger partial charge < -0.3 is 19.6 Å². The largest absolute Gasteiger partial charge is 0.507 e. The van der Waals surface area contributed by atoms with Gasteiger partial charge in [-0.05, 0) is 49.3 Å². The quantitative estimate of drug-likeness (QED) is 0.169. The molecule has 0 aromatic heterocycles. The third-order valence-electron chi connectivity index (χ3n) is 6.09. The smallest absolute Gasteiger partial charge is 0.295 e. The zero-order valence-corrected chi connectivity index (χ0v) is 20.3. The Labute approximate surface area is 204 Å². The van der Waals surface area contributed by atoms with Crippen LogP contribution in [-0.4, -0.2) is 64.3 Å². The van der Waals surface area contributed by atoms with Gasteiger partial charge in [-0.15, -0.1) is 0 Å². The summed E-state index contributed by atoms with van der Waals surface area (Å²) in [5.41, 5.74) is 0.500. The van der Waals surface area contributed by atoms with Gasteiger partial charge in [-0.1, -0.05) is 32.9 Å². The van der Waals surface area contributed by atoms with Gasteiger partial charge >= 0.3 is 0 Å². The van der Waals surface area contributed by atoms with Crippen molar-refractivity contribution in [2.75, 3.05) is 32.8 Å². The first kappa shape index (κ1) is 25.9. The van der Waals surface area contributed by atoms with Crippen molar-refractivity contribution in [1.29, 1.82) is 0 Å². The molecule has 186 valence electrons. The van der Waals surface area contributed by atoms with Crippen molar-refractivity contribution in [2.24, 2.45) is 0 Å². The lowest BCUT2D eigenvalue weighted by molar-refractivity contribution is -0.384. The maximum atomic E-state index is 13.1. The molecular formula is C26H31N3O6. The molecule has 1 saturated heterocycles. The number of carbonyl (C=O) groups is 2. The Morgan fingerprint density at radius 1 is 1.11 bits per heavy atom. The molecule has 1 aliphatic heterocycles. The molecule has 35 heavy (non-hydrogen) atoms. The fourth-order valence-corrected chi connectivity index (χ4v) is 4.14. The van der Waals surface area contributed by atoms with Gasteiger partial charge in [0.25, 0.3) is 17.4 Å². The number of hydrogen-bond donors (Lipinski definition) is 1. The highest BCUT2D eigenvalue weighted by atomic mass is 16.6. The molecule has 0 saturated carbocycles. The molecule has 0 spiro atoms. The first-order chi connectivity index (χ1) is 16.8. The summed E-state index contributed by atoms with van der Waals surface area (Å²) in [7, 11) is 0. The number of non-ortho nitro benzene ring substituents is 1. The van der Waals surface area contributed by atoms with Crippen LogP contribution in [0.5, 0.6) is 5.75 Å². The van der Waals surface area contributed by atoms with Crippen LogP contribution in [0, 0.1) is 10.1 Å². The number of ether oxygens (including phenoxy) is 1. The van der Waals surface area contributed by atoms with Gasteiger partial charge in [0, 0.05) is 30.8 Å². The number of aliphatic hydroxyl groups excluding tert-OH is 1. The maximum Gasteiger partial charge on any atom is 0.295 e. The van der Waals surface area contributed by atoms with Crippen LogP contribution in [0.25, 0.3) is 5.76 Å². The number of Topliss-reactive ketones (excluding diaryl/α,β-unsaturated/α-hetero) is 1. The molecule has 2 aromatic carbocycles. The third-order valence-corrected chi connectivity index (χ3v) is 6.09. The van der Waals surface area contributed by atoms with Gasteiger partial charge in [-0.2, -0.15) is 0 Å². The van der Waals surface area contributed by atoms with E-state index in [4.69, 9.17) is 4.74 Å². The van der Waals surface area contributed by atoms with Crippen LogP contribution in [-0.2, 0) is 9.59 Å². The van der Waals surface area contributed by atoms with Gasteiger partial charge in [0.05, 0.1) is 23.1 Å². The normalized spacial score (nSPS) is 17.3. The fourth-order valence-electron chi connectivity index (χ4n) is 4.14. The number of carbonyl (C=O) groups excluding carboxylic acids is 2. The minimum atomic E-state index is -0.943. The summed E-state index contributed by atoms with van der Waals surface area (Å²) in [6, 6.07) is 11.5. The highest BCUT2D eigenvalue weighted by Crippen LogP contribution is 2.40. The first-order valence-corrected chi connectivity index (χ1v) is 11.8. The Bertz CT molecular complexity index is 1110. The van der Waals surface area contributed by atoms with E-state index in [-0.39, 0.29) is 23.6 Å². The second-order valence-electron chi connectivity index (χ2n) is 8.24. The molecule has 1 unspecified atom stereocenters. The molecule has 1 heterocycles. The molecule has 1 amide bonds. The zero-order valence-electron chi connectivity index (χ0n) is 20.3. The van der Waals surface area contributed by atoms with Crippen molar-refractivity contribution in [2.45, 2.75) is 33.2 Å². The predicted octanol–water partition coefficient (Wildman–Crippen LogP) is 4.15. The van der Waals surface area contributed by atoms with Crippen molar-refractivity contribution < 1.29 is 24.4 Å². The maximum absolute atomic E-state index is 13.1. The number of likely N-dealkylation sites (N-methyl/N-ethyl adjacent to an activating group) is 1. The monoisotopic (exact) mass is 481 g/mol. The predicted molar refractivity (Wildman–Crippen MR) is 132 cm³/mol. The minimum Gasteiger partial charge on any atom is -0.507 e. The standard InChI is InChI=1S/C26H31N3O6/c1-4-16-35-21-12-10-18(11-13-21)24(30)22-23(19-8-7-9-20(17-19)29(33)34)28(26(32)25(22)31)15-14-27(5-2)6-3/h7-13,17,23,30H,4-6,14-16H2,1-3H3/b24-22+. The molecule has 1 atom stereocenters. The first-order valence-electron chi connectivity index (χ1n) is 11.8. The van der Waals surface area contributed by atoms with Gasteiger partial charge in [0.1, 0.15) is 11.5 Å². The van der Waals surface area contributed by atoms with Gasteiger partial charge in [-0.25, -0.2) is 0 Å². The van der Waals surface area contributed by atoms with Gasteiger partial charge in [0.2, 0.25) is 0 Å². The van der Waals surface area contributed by atoms with E-state index in [1.165, 1.54) is 23.1 Å². The Morgan fingerprint density at radius 2 is 1.80 bits per heavy atom. The third kappa shape index (κ3) is 5.68. The number of amides is 1. The van der Waals surface area contributed by atoms with Crippen LogP contribution < -0.4 is 4.74 Å². The molecule has 9 heteroatoms. The van der Waals surface area contributed by atoms with E-state index >= 15 is 0 Å². The fraction of sp³-hybridized carbons (Fsp3) is 0.385. The molecule has 0 aliphatic carbocycles. The molecule has 0 bridgehead atoms. The summed E-state index contributed by atoms with van der Waals surface area (Å²) in [6.07, 6.45) is 0.849. The van der Waals surface area contributed by atoms with Crippen LogP contribution in [0.1, 0.15) is 44.4 Å². The second-order valence-corrected chi connectivity index (χ2v) is 8.24. The number of ketones is 1. The van der Waals surface area contributed by atoms with Crippen molar-refractivity contribution in [3.05, 3.63) is 75.3 Å². The summed E-state index contributed by atoms with van der Waals surface area (Å²) in [6.45, 7) is 8.86. The molecule has 9 nitrogen and oxygen atoms in total. The lowest BCUT2D eigenvalue weighted by Crippen LogP contribution is -2.38. The average molecular weight is 482 g/mol. The lowest BCUT2D eigenvalue weighted by Gasteiger charge is -2.28. The van der Waals surface area contributed by atoms with Crippen molar-refractivity contribution in [3.8, 4) is 5.75 Å². The van der Waals surface area contributed by atoms with Gasteiger partial charge in [-0.3, -0.25) is 19.7 Å². The number of likely N-dealkylation sites (tertiary alicyclic amines) is 1. The number of benzene rings is 2. The Hall–Kier alpha value is -3.72. The molecule has 3 rings (SSSR count). The van der Waals surface area contributed by atoms with E-state index in [0.29, 0.717) is 30.0 Å². The summed E-state index contributed by atoms with van der Waals surface area (Å²) in [4.78, 5) is 40.6. The minimum absolute atomic E-state index is 0.0859. The van der Waals surface area contributed by atoms with Crippen LogP contribution in [0.3, 0.4) is 0 Å². The van der Waals surface area contributed by atoms with E-state index in [9.17, 15) is 24.8 Å². The highest BCUT2D eigenvalue weighted by molar-refractivity contribution is 6.46. The molecule has 2 aromatic rings. The number of rotatable bonds is 11. The molecule has 1 aliphatic rings. The summed E-state index contributed by atoms with van der Waals surface area (Å²) in [5.74, 6) is -1.26. The van der Waals surface area contributed by atoms with E-state index in [0.717, 1.165) is 19.5 Å². The van der Waals surface area contributed by atoms with E-state index in [1.54, 1.807) is 30.3 Å². The van der Waals surface area contributed by atoms with E-state index in [1.807, 2.05) is 20.8 Å².